The highest BCUT2D eigenvalue weighted by Gasteiger charge is 2.18. The zero-order chi connectivity index (χ0) is 23.8. The maximum atomic E-state index is 12.4. The van der Waals surface area contributed by atoms with E-state index in [9.17, 15) is 13.2 Å². The van der Waals surface area contributed by atoms with E-state index in [4.69, 9.17) is 4.74 Å². The predicted octanol–water partition coefficient (Wildman–Crippen LogP) is 4.79. The average Bonchev–Trinajstić information content (AvgIpc) is 2.80. The lowest BCUT2D eigenvalue weighted by Gasteiger charge is -2.23. The second-order valence-electron chi connectivity index (χ2n) is 7.55. The summed E-state index contributed by atoms with van der Waals surface area (Å²) in [6.45, 7) is 3.01. The van der Waals surface area contributed by atoms with Gasteiger partial charge in [-0.1, -0.05) is 53.2 Å². The van der Waals surface area contributed by atoms with Gasteiger partial charge in [0.25, 0.3) is 5.91 Å². The van der Waals surface area contributed by atoms with Gasteiger partial charge in [-0.3, -0.25) is 9.10 Å². The number of halogens is 1. The van der Waals surface area contributed by atoms with Crippen molar-refractivity contribution < 1.29 is 17.9 Å². The first-order valence-corrected chi connectivity index (χ1v) is 13.2. The second-order valence-corrected chi connectivity index (χ2v) is 10.4. The smallest absolute Gasteiger partial charge is 0.251 e. The first-order valence-electron chi connectivity index (χ1n) is 10.6. The Morgan fingerprint density at radius 3 is 2.27 bits per heavy atom. The molecule has 0 heterocycles. The fourth-order valence-electron chi connectivity index (χ4n) is 3.22. The van der Waals surface area contributed by atoms with Crippen molar-refractivity contribution in [3.8, 4) is 5.75 Å². The minimum absolute atomic E-state index is 0.168. The van der Waals surface area contributed by atoms with Crippen LogP contribution in [0.25, 0.3) is 0 Å². The van der Waals surface area contributed by atoms with Gasteiger partial charge in [0.15, 0.2) is 0 Å². The monoisotopic (exact) mass is 530 g/mol. The molecule has 0 aromatic heterocycles. The molecule has 174 valence electrons. The van der Waals surface area contributed by atoms with Crippen LogP contribution >= 0.6 is 15.9 Å². The van der Waals surface area contributed by atoms with Crippen molar-refractivity contribution in [2.45, 2.75) is 19.9 Å². The van der Waals surface area contributed by atoms with Crippen LogP contribution in [0.15, 0.2) is 77.3 Å². The van der Waals surface area contributed by atoms with Crippen LogP contribution in [0.3, 0.4) is 0 Å². The molecule has 3 aromatic rings. The van der Waals surface area contributed by atoms with Crippen LogP contribution < -0.4 is 14.4 Å². The van der Waals surface area contributed by atoms with Crippen molar-refractivity contribution in [1.82, 2.24) is 5.32 Å². The Labute approximate surface area is 203 Å². The van der Waals surface area contributed by atoms with Crippen LogP contribution in [0.2, 0.25) is 0 Å². The molecule has 1 N–H and O–H groups in total. The predicted molar refractivity (Wildman–Crippen MR) is 135 cm³/mol. The quantitative estimate of drug-likeness (QED) is 0.382. The largest absolute Gasteiger partial charge is 0.492 e. The number of sulfonamides is 1. The summed E-state index contributed by atoms with van der Waals surface area (Å²) in [5.41, 5.74) is 3.09. The number of aryl methyl sites for hydroxylation is 1. The Bertz CT molecular complexity index is 1180. The lowest BCUT2D eigenvalue weighted by molar-refractivity contribution is 0.0947. The van der Waals surface area contributed by atoms with Gasteiger partial charge in [-0.05, 0) is 60.0 Å². The topological polar surface area (TPSA) is 75.7 Å². The van der Waals surface area contributed by atoms with E-state index in [1.54, 1.807) is 42.5 Å². The fraction of sp³-hybridized carbons (Fsp3) is 0.240. The number of hydrogen-bond donors (Lipinski definition) is 1. The Morgan fingerprint density at radius 2 is 1.67 bits per heavy atom. The van der Waals surface area contributed by atoms with Gasteiger partial charge in [0, 0.05) is 10.0 Å². The van der Waals surface area contributed by atoms with Crippen molar-refractivity contribution in [2.75, 3.05) is 23.7 Å². The third-order valence-electron chi connectivity index (χ3n) is 5.03. The summed E-state index contributed by atoms with van der Waals surface area (Å²) < 4.78 is 32.5. The Hall–Kier alpha value is -2.84. The summed E-state index contributed by atoms with van der Waals surface area (Å²) in [4.78, 5) is 12.4. The molecule has 3 rings (SSSR count). The molecule has 0 aliphatic heterocycles. The third-order valence-corrected chi connectivity index (χ3v) is 6.66. The molecule has 0 atom stereocenters. The van der Waals surface area contributed by atoms with Crippen LogP contribution in [0.1, 0.15) is 28.4 Å². The molecule has 8 heteroatoms. The molecule has 0 spiro atoms. The van der Waals surface area contributed by atoms with Gasteiger partial charge in [0.05, 0.1) is 25.0 Å². The van der Waals surface area contributed by atoms with Crippen LogP contribution in [0.5, 0.6) is 5.75 Å². The third kappa shape index (κ3) is 7.33. The van der Waals surface area contributed by atoms with E-state index in [1.165, 1.54) is 16.1 Å². The zero-order valence-electron chi connectivity index (χ0n) is 18.6. The number of benzene rings is 3. The summed E-state index contributed by atoms with van der Waals surface area (Å²) >= 11 is 3.38. The van der Waals surface area contributed by atoms with E-state index in [-0.39, 0.29) is 12.5 Å². The number of nitrogens with zero attached hydrogens (tertiary/aromatic N) is 1. The van der Waals surface area contributed by atoms with E-state index in [0.29, 0.717) is 24.4 Å². The number of rotatable bonds is 10. The molecular weight excluding hydrogens is 504 g/mol. The maximum Gasteiger partial charge on any atom is 0.251 e. The minimum Gasteiger partial charge on any atom is -0.492 e. The molecule has 0 aliphatic rings. The summed E-state index contributed by atoms with van der Waals surface area (Å²) in [6, 6.07) is 21.9. The Balaban J connectivity index is 1.55. The molecule has 0 saturated heterocycles. The number of amides is 1. The highest BCUT2D eigenvalue weighted by atomic mass is 79.9. The molecule has 6 nitrogen and oxygen atoms in total. The Morgan fingerprint density at radius 1 is 1.00 bits per heavy atom. The minimum atomic E-state index is -3.48. The molecule has 0 bridgehead atoms. The van der Waals surface area contributed by atoms with Gasteiger partial charge in [-0.25, -0.2) is 8.42 Å². The lowest BCUT2D eigenvalue weighted by Crippen LogP contribution is -2.29. The first kappa shape index (κ1) is 24.8. The number of carbonyl (C=O) groups excluding carboxylic acids is 1. The van der Waals surface area contributed by atoms with E-state index >= 15 is 0 Å². The van der Waals surface area contributed by atoms with Crippen LogP contribution in [0, 0.1) is 0 Å². The summed E-state index contributed by atoms with van der Waals surface area (Å²) in [6.07, 6.45) is 2.15. The molecule has 33 heavy (non-hydrogen) atoms. The van der Waals surface area contributed by atoms with Crippen LogP contribution in [-0.2, 0) is 23.0 Å². The van der Waals surface area contributed by atoms with Crippen LogP contribution in [0.4, 0.5) is 5.69 Å². The molecule has 1 amide bonds. The van der Waals surface area contributed by atoms with Crippen molar-refractivity contribution in [2.24, 2.45) is 0 Å². The van der Waals surface area contributed by atoms with Crippen molar-refractivity contribution >= 4 is 37.5 Å². The molecule has 0 aliphatic carbocycles. The molecule has 0 fully saturated rings. The fourth-order valence-corrected chi connectivity index (χ4v) is 4.48. The molecule has 0 unspecified atom stereocenters. The maximum absolute atomic E-state index is 12.4. The average molecular weight is 531 g/mol. The summed E-state index contributed by atoms with van der Waals surface area (Å²) in [5, 5.41) is 2.83. The van der Waals surface area contributed by atoms with E-state index in [0.717, 1.165) is 22.2 Å². The number of ether oxygens (including phenoxy) is 1. The normalized spacial score (nSPS) is 11.1. The SMILES string of the molecule is CCc1ccc(OCCNC(=O)c2ccc(CN(c3cccc(Br)c3)S(C)(=O)=O)cc2)cc1. The van der Waals surface area contributed by atoms with Crippen molar-refractivity contribution in [1.29, 1.82) is 0 Å². The number of carbonyl (C=O) groups is 1. The van der Waals surface area contributed by atoms with Gasteiger partial charge in [0.1, 0.15) is 12.4 Å². The molecule has 3 aromatic carbocycles. The van der Waals surface area contributed by atoms with Crippen molar-refractivity contribution in [3.05, 3.63) is 94.0 Å². The highest BCUT2D eigenvalue weighted by molar-refractivity contribution is 9.10. The van der Waals surface area contributed by atoms with E-state index in [2.05, 4.69) is 28.2 Å². The molecule has 0 radical (unpaired) electrons. The van der Waals surface area contributed by atoms with Gasteiger partial charge < -0.3 is 10.1 Å². The van der Waals surface area contributed by atoms with Gasteiger partial charge in [-0.15, -0.1) is 0 Å². The van der Waals surface area contributed by atoms with Gasteiger partial charge in [0.2, 0.25) is 10.0 Å². The van der Waals surface area contributed by atoms with Crippen LogP contribution in [-0.4, -0.2) is 33.7 Å². The van der Waals surface area contributed by atoms with E-state index < -0.39 is 10.0 Å². The Kier molecular flexibility index (Phi) is 8.52. The molecule has 0 saturated carbocycles. The lowest BCUT2D eigenvalue weighted by atomic mass is 10.1. The highest BCUT2D eigenvalue weighted by Crippen LogP contribution is 2.24. The number of anilines is 1. The second kappa shape index (κ2) is 11.3. The summed E-state index contributed by atoms with van der Waals surface area (Å²) in [7, 11) is -3.48. The zero-order valence-corrected chi connectivity index (χ0v) is 21.0. The van der Waals surface area contributed by atoms with Crippen molar-refractivity contribution in [3.63, 3.8) is 0 Å². The van der Waals surface area contributed by atoms with Gasteiger partial charge in [-0.2, -0.15) is 0 Å². The van der Waals surface area contributed by atoms with Gasteiger partial charge >= 0.3 is 0 Å². The number of nitrogens with one attached hydrogen (secondary N) is 1. The first-order chi connectivity index (χ1) is 15.8. The van der Waals surface area contributed by atoms with E-state index in [1.807, 2.05) is 30.3 Å². The standard InChI is InChI=1S/C25H27BrN2O4S/c1-3-19-9-13-24(14-10-19)32-16-15-27-25(29)21-11-7-20(8-12-21)18-28(33(2,30)31)23-6-4-5-22(26)17-23/h4-14,17H,3,15-16,18H2,1-2H3,(H,27,29). The number of hydrogen-bond acceptors (Lipinski definition) is 4. The summed E-state index contributed by atoms with van der Waals surface area (Å²) in [5.74, 6) is 0.560. The molecular formula is C25H27BrN2O4S.